The minimum Gasteiger partial charge on any atom is -0.506 e. The molecule has 2 aromatic carbocycles. The minimum absolute atomic E-state index is 0.0318. The Hall–Kier alpha value is -2.20. The van der Waals surface area contributed by atoms with Crippen LogP contribution in [-0.2, 0) is 6.42 Å². The summed E-state index contributed by atoms with van der Waals surface area (Å²) in [5, 5.41) is 21.8. The van der Waals surface area contributed by atoms with E-state index in [1.807, 2.05) is 25.2 Å². The van der Waals surface area contributed by atoms with Gasteiger partial charge in [0.25, 0.3) is 0 Å². The summed E-state index contributed by atoms with van der Waals surface area (Å²) in [5.41, 5.74) is 3.69. The van der Waals surface area contributed by atoms with Crippen LogP contribution in [0.5, 0.6) is 11.5 Å². The lowest BCUT2D eigenvalue weighted by molar-refractivity contribution is -0.0258. The molecule has 5 rings (SSSR count). The number of benzene rings is 2. The maximum atomic E-state index is 11.5. The molecule has 160 valence electrons. The molecule has 3 aliphatic rings. The molecule has 0 aromatic heterocycles. The maximum absolute atomic E-state index is 11.5. The summed E-state index contributed by atoms with van der Waals surface area (Å²) in [6, 6.07) is 14.1. The molecule has 2 fully saturated rings. The van der Waals surface area contributed by atoms with Crippen molar-refractivity contribution in [3.63, 3.8) is 0 Å². The Labute approximate surface area is 179 Å². The fourth-order valence-corrected chi connectivity index (χ4v) is 6.98. The molecule has 4 nitrogen and oxygen atoms in total. The van der Waals surface area contributed by atoms with E-state index in [-0.39, 0.29) is 23.3 Å². The molecule has 6 atom stereocenters. The zero-order chi connectivity index (χ0) is 21.0. The molecule has 2 aromatic rings. The van der Waals surface area contributed by atoms with Crippen molar-refractivity contribution in [3.8, 4) is 11.5 Å². The number of aliphatic hydroxyl groups excluding tert-OH is 1. The molecule has 0 bridgehead atoms. The van der Waals surface area contributed by atoms with Crippen molar-refractivity contribution in [2.45, 2.75) is 57.1 Å². The number of para-hydroxylation sites is 2. The van der Waals surface area contributed by atoms with Gasteiger partial charge in [0.1, 0.15) is 11.5 Å². The van der Waals surface area contributed by atoms with Crippen molar-refractivity contribution < 1.29 is 14.9 Å². The van der Waals surface area contributed by atoms with E-state index in [4.69, 9.17) is 4.74 Å². The number of fused-ring (bicyclic) bond motifs is 5. The molecular weight excluding hydrogens is 374 g/mol. The molecule has 0 aliphatic heterocycles. The van der Waals surface area contributed by atoms with Crippen LogP contribution in [0.2, 0.25) is 0 Å². The highest BCUT2D eigenvalue weighted by Crippen LogP contribution is 2.61. The van der Waals surface area contributed by atoms with Gasteiger partial charge in [0, 0.05) is 7.05 Å². The minimum atomic E-state index is -0.384. The molecule has 4 heteroatoms. The molecule has 3 aliphatic carbocycles. The number of rotatable bonds is 3. The smallest absolute Gasteiger partial charge is 0.138 e. The highest BCUT2D eigenvalue weighted by atomic mass is 16.5. The lowest BCUT2D eigenvalue weighted by atomic mass is 9.55. The van der Waals surface area contributed by atoms with Crippen LogP contribution in [0.3, 0.4) is 0 Å². The zero-order valence-corrected chi connectivity index (χ0v) is 18.2. The Morgan fingerprint density at radius 3 is 2.70 bits per heavy atom. The Bertz CT molecular complexity index is 944. The van der Waals surface area contributed by atoms with Gasteiger partial charge in [-0.05, 0) is 90.7 Å². The number of phenols is 1. The molecule has 2 saturated carbocycles. The Morgan fingerprint density at radius 2 is 1.93 bits per heavy atom. The number of aromatic hydroxyl groups is 1. The van der Waals surface area contributed by atoms with E-state index < -0.39 is 0 Å². The van der Waals surface area contributed by atoms with Crippen LogP contribution in [0.1, 0.15) is 49.7 Å². The Morgan fingerprint density at radius 1 is 1.13 bits per heavy atom. The van der Waals surface area contributed by atoms with Crippen molar-refractivity contribution in [2.75, 3.05) is 19.1 Å². The topological polar surface area (TPSA) is 52.9 Å². The summed E-state index contributed by atoms with van der Waals surface area (Å²) in [6.45, 7) is 2.31. The van der Waals surface area contributed by atoms with Gasteiger partial charge in [0.15, 0.2) is 0 Å². The summed E-state index contributed by atoms with van der Waals surface area (Å²) in [5.74, 6) is 2.93. The van der Waals surface area contributed by atoms with Crippen molar-refractivity contribution in [1.29, 1.82) is 0 Å². The number of aliphatic hydroxyl groups is 1. The molecule has 0 saturated heterocycles. The van der Waals surface area contributed by atoms with E-state index in [9.17, 15) is 10.2 Å². The standard InChI is InChI=1S/C26H33NO3/c1-26-13-12-19-18-11-9-17(30-3)14-16(18)8-10-20(19)21(26)15-23(25(26)29)27(2)22-6-4-5-7-24(22)28/h4-7,9,11,14,19-21,23,25,28-29H,8,10,12-13,15H2,1-3H3/t19-,20-,21+,23-,25-,26+/m1/s1. The van der Waals surface area contributed by atoms with Gasteiger partial charge in [0.2, 0.25) is 0 Å². The van der Waals surface area contributed by atoms with E-state index in [1.54, 1.807) is 13.2 Å². The van der Waals surface area contributed by atoms with Crippen molar-refractivity contribution in [3.05, 3.63) is 53.6 Å². The summed E-state index contributed by atoms with van der Waals surface area (Å²) >= 11 is 0. The third-order valence-electron chi connectivity index (χ3n) is 8.67. The lowest BCUT2D eigenvalue weighted by Crippen LogP contribution is -2.47. The number of hydrogen-bond acceptors (Lipinski definition) is 4. The quantitative estimate of drug-likeness (QED) is 0.772. The molecular formula is C26H33NO3. The monoisotopic (exact) mass is 407 g/mol. The number of anilines is 1. The van der Waals surface area contributed by atoms with Crippen LogP contribution >= 0.6 is 0 Å². The second-order valence-electron chi connectivity index (χ2n) is 9.87. The average molecular weight is 408 g/mol. The van der Waals surface area contributed by atoms with Gasteiger partial charge >= 0.3 is 0 Å². The number of likely N-dealkylation sites (N-methyl/N-ethyl adjacent to an activating group) is 1. The molecule has 0 unspecified atom stereocenters. The Balaban J connectivity index is 1.45. The summed E-state index contributed by atoms with van der Waals surface area (Å²) in [4.78, 5) is 2.11. The fraction of sp³-hybridized carbons (Fsp3) is 0.538. The predicted octanol–water partition coefficient (Wildman–Crippen LogP) is 4.73. The first-order valence-corrected chi connectivity index (χ1v) is 11.3. The van der Waals surface area contributed by atoms with Gasteiger partial charge in [-0.15, -0.1) is 0 Å². The van der Waals surface area contributed by atoms with Crippen LogP contribution in [0.4, 0.5) is 5.69 Å². The maximum Gasteiger partial charge on any atom is 0.138 e. The third kappa shape index (κ3) is 2.84. The molecule has 0 spiro atoms. The van der Waals surface area contributed by atoms with E-state index >= 15 is 0 Å². The van der Waals surface area contributed by atoms with Gasteiger partial charge in [0.05, 0.1) is 24.9 Å². The number of phenolic OH excluding ortho intramolecular Hbond substituents is 1. The van der Waals surface area contributed by atoms with E-state index in [1.165, 1.54) is 17.5 Å². The first kappa shape index (κ1) is 19.7. The van der Waals surface area contributed by atoms with Crippen molar-refractivity contribution >= 4 is 5.69 Å². The molecule has 0 radical (unpaired) electrons. The molecule has 0 amide bonds. The van der Waals surface area contributed by atoms with Crippen LogP contribution in [-0.4, -0.2) is 36.5 Å². The molecule has 30 heavy (non-hydrogen) atoms. The number of aryl methyl sites for hydroxylation is 1. The average Bonchev–Trinajstić information content (AvgIpc) is 3.04. The molecule has 0 heterocycles. The van der Waals surface area contributed by atoms with Gasteiger partial charge in [-0.25, -0.2) is 0 Å². The SMILES string of the molecule is COc1ccc2c(c1)CC[C@@H]1[C@@H]2CC[C@]2(C)[C@H](O)[C@H](N(C)c3ccccc3O)C[C@@H]12. The Kier molecular flexibility index (Phi) is 4.73. The molecule has 2 N–H and O–H groups in total. The number of hydrogen-bond donors (Lipinski definition) is 2. The van der Waals surface area contributed by atoms with Crippen LogP contribution < -0.4 is 9.64 Å². The lowest BCUT2D eigenvalue weighted by Gasteiger charge is -2.50. The fourth-order valence-electron chi connectivity index (χ4n) is 6.98. The van der Waals surface area contributed by atoms with E-state index in [0.29, 0.717) is 17.8 Å². The third-order valence-corrected chi connectivity index (χ3v) is 8.67. The number of methoxy groups -OCH3 is 1. The van der Waals surface area contributed by atoms with E-state index in [2.05, 4.69) is 30.0 Å². The van der Waals surface area contributed by atoms with Crippen molar-refractivity contribution in [2.24, 2.45) is 17.3 Å². The number of ether oxygens (including phenoxy) is 1. The largest absolute Gasteiger partial charge is 0.506 e. The first-order valence-electron chi connectivity index (χ1n) is 11.3. The summed E-state index contributed by atoms with van der Waals surface area (Å²) in [7, 11) is 3.75. The van der Waals surface area contributed by atoms with Crippen LogP contribution in [0.15, 0.2) is 42.5 Å². The van der Waals surface area contributed by atoms with E-state index in [0.717, 1.165) is 37.1 Å². The van der Waals surface area contributed by atoms with Gasteiger partial charge in [-0.1, -0.05) is 25.1 Å². The van der Waals surface area contributed by atoms with Crippen LogP contribution in [0.25, 0.3) is 0 Å². The van der Waals surface area contributed by atoms with Crippen LogP contribution in [0, 0.1) is 17.3 Å². The second kappa shape index (κ2) is 7.19. The second-order valence-corrected chi connectivity index (χ2v) is 9.87. The normalized spacial score (nSPS) is 34.6. The summed E-state index contributed by atoms with van der Waals surface area (Å²) < 4.78 is 5.45. The van der Waals surface area contributed by atoms with Gasteiger partial charge in [-0.2, -0.15) is 0 Å². The van der Waals surface area contributed by atoms with Gasteiger partial charge in [-0.3, -0.25) is 0 Å². The highest BCUT2D eigenvalue weighted by molar-refractivity contribution is 5.58. The van der Waals surface area contributed by atoms with Gasteiger partial charge < -0.3 is 19.8 Å². The number of nitrogens with zero attached hydrogens (tertiary/aromatic N) is 1. The summed E-state index contributed by atoms with van der Waals surface area (Å²) in [6.07, 6.45) is 5.07. The first-order chi connectivity index (χ1) is 14.4. The highest BCUT2D eigenvalue weighted by Gasteiger charge is 2.58. The predicted molar refractivity (Wildman–Crippen MR) is 119 cm³/mol. The zero-order valence-electron chi connectivity index (χ0n) is 18.2. The van der Waals surface area contributed by atoms with Crippen molar-refractivity contribution in [1.82, 2.24) is 0 Å².